The van der Waals surface area contributed by atoms with E-state index < -0.39 is 17.8 Å². The molecule has 0 saturated carbocycles. The quantitative estimate of drug-likeness (QED) is 0.525. The standard InChI is InChI=1S/C11H17NO4/c1-15-10(13)9(12)7-8-3-5-11(14,16-2)6-4-8/h3-5,9,14H,6-7,12H2,1-2H3/t9-,11?/m0/s1. The van der Waals surface area contributed by atoms with E-state index >= 15 is 0 Å². The summed E-state index contributed by atoms with van der Waals surface area (Å²) in [6.07, 6.45) is 5.79. The van der Waals surface area contributed by atoms with E-state index in [4.69, 9.17) is 10.5 Å². The predicted molar refractivity (Wildman–Crippen MR) is 58.4 cm³/mol. The summed E-state index contributed by atoms with van der Waals surface area (Å²) in [4.78, 5) is 11.1. The highest BCUT2D eigenvalue weighted by atomic mass is 16.6. The van der Waals surface area contributed by atoms with Crippen LogP contribution in [0.5, 0.6) is 0 Å². The van der Waals surface area contributed by atoms with E-state index in [-0.39, 0.29) is 0 Å². The lowest BCUT2D eigenvalue weighted by Gasteiger charge is -2.25. The Balaban J connectivity index is 2.54. The Bertz CT molecular complexity index is 324. The maximum atomic E-state index is 11.1. The highest BCUT2D eigenvalue weighted by molar-refractivity contribution is 5.75. The van der Waals surface area contributed by atoms with Crippen LogP contribution in [0.4, 0.5) is 0 Å². The fraction of sp³-hybridized carbons (Fsp3) is 0.545. The van der Waals surface area contributed by atoms with Gasteiger partial charge in [0.25, 0.3) is 0 Å². The Morgan fingerprint density at radius 3 is 2.81 bits per heavy atom. The molecule has 0 heterocycles. The van der Waals surface area contributed by atoms with E-state index in [1.165, 1.54) is 14.2 Å². The summed E-state index contributed by atoms with van der Waals surface area (Å²) in [5, 5.41) is 9.71. The second-order valence-corrected chi connectivity index (χ2v) is 3.70. The molecule has 3 N–H and O–H groups in total. The van der Waals surface area contributed by atoms with E-state index in [1.54, 1.807) is 18.2 Å². The fourth-order valence-corrected chi connectivity index (χ4v) is 1.44. The average molecular weight is 227 g/mol. The molecule has 2 atom stereocenters. The van der Waals surface area contributed by atoms with Crippen molar-refractivity contribution < 1.29 is 19.4 Å². The van der Waals surface area contributed by atoms with Crippen LogP contribution >= 0.6 is 0 Å². The van der Waals surface area contributed by atoms with Gasteiger partial charge in [0.05, 0.1) is 7.11 Å². The molecule has 5 heteroatoms. The summed E-state index contributed by atoms with van der Waals surface area (Å²) in [7, 11) is 2.74. The van der Waals surface area contributed by atoms with Gasteiger partial charge in [-0.2, -0.15) is 0 Å². The van der Waals surface area contributed by atoms with Crippen molar-refractivity contribution in [3.63, 3.8) is 0 Å². The summed E-state index contributed by atoms with van der Waals surface area (Å²) < 4.78 is 9.43. The van der Waals surface area contributed by atoms with Crippen LogP contribution in [0.15, 0.2) is 23.8 Å². The maximum Gasteiger partial charge on any atom is 0.322 e. The lowest BCUT2D eigenvalue weighted by molar-refractivity contribution is -0.143. The molecule has 0 aromatic rings. The molecular formula is C11H17NO4. The summed E-state index contributed by atoms with van der Waals surface area (Å²) in [6.45, 7) is 0. The molecule has 16 heavy (non-hydrogen) atoms. The molecule has 1 unspecified atom stereocenters. The monoisotopic (exact) mass is 227 g/mol. The molecule has 0 bridgehead atoms. The van der Waals surface area contributed by atoms with E-state index in [2.05, 4.69) is 4.74 Å². The number of ether oxygens (including phenoxy) is 2. The SMILES string of the molecule is COC(=O)[C@@H](N)CC1=CCC(O)(OC)C=C1. The minimum atomic E-state index is -1.24. The molecule has 0 aromatic heterocycles. The van der Waals surface area contributed by atoms with Gasteiger partial charge in [-0.15, -0.1) is 0 Å². The highest BCUT2D eigenvalue weighted by Crippen LogP contribution is 2.23. The Morgan fingerprint density at radius 1 is 1.69 bits per heavy atom. The van der Waals surface area contributed by atoms with Crippen molar-refractivity contribution in [3.05, 3.63) is 23.8 Å². The highest BCUT2D eigenvalue weighted by Gasteiger charge is 2.25. The first kappa shape index (κ1) is 12.9. The van der Waals surface area contributed by atoms with Gasteiger partial charge in [-0.25, -0.2) is 0 Å². The smallest absolute Gasteiger partial charge is 0.322 e. The summed E-state index contributed by atoms with van der Waals surface area (Å²) >= 11 is 0. The molecule has 0 amide bonds. The molecule has 0 aliphatic heterocycles. The van der Waals surface area contributed by atoms with Crippen molar-refractivity contribution in [1.29, 1.82) is 0 Å². The van der Waals surface area contributed by atoms with Crippen molar-refractivity contribution >= 4 is 5.97 Å². The first-order valence-electron chi connectivity index (χ1n) is 5.00. The van der Waals surface area contributed by atoms with Crippen molar-refractivity contribution in [2.45, 2.75) is 24.7 Å². The van der Waals surface area contributed by atoms with Crippen molar-refractivity contribution in [2.24, 2.45) is 5.73 Å². The van der Waals surface area contributed by atoms with Crippen LogP contribution in [0.2, 0.25) is 0 Å². The molecule has 5 nitrogen and oxygen atoms in total. The van der Waals surface area contributed by atoms with Gasteiger partial charge in [0, 0.05) is 13.5 Å². The van der Waals surface area contributed by atoms with E-state index in [1.807, 2.05) is 0 Å². The molecule has 0 aromatic carbocycles. The van der Waals surface area contributed by atoms with Crippen molar-refractivity contribution in [3.8, 4) is 0 Å². The van der Waals surface area contributed by atoms with Gasteiger partial charge in [0.15, 0.2) is 5.79 Å². The second kappa shape index (κ2) is 5.25. The van der Waals surface area contributed by atoms with E-state index in [0.29, 0.717) is 12.8 Å². The third-order valence-corrected chi connectivity index (χ3v) is 2.53. The summed E-state index contributed by atoms with van der Waals surface area (Å²) in [5.41, 5.74) is 6.50. The topological polar surface area (TPSA) is 81.8 Å². The number of carbonyl (C=O) groups excluding carboxylic acids is 1. The molecular weight excluding hydrogens is 210 g/mol. The van der Waals surface area contributed by atoms with Gasteiger partial charge in [0.2, 0.25) is 0 Å². The number of methoxy groups -OCH3 is 2. The van der Waals surface area contributed by atoms with Gasteiger partial charge < -0.3 is 20.3 Å². The molecule has 1 aliphatic carbocycles. The number of carbonyl (C=O) groups is 1. The van der Waals surface area contributed by atoms with Crippen LogP contribution < -0.4 is 5.73 Å². The van der Waals surface area contributed by atoms with Gasteiger partial charge in [-0.05, 0) is 18.1 Å². The molecule has 1 rings (SSSR count). The number of nitrogens with two attached hydrogens (primary N) is 1. The van der Waals surface area contributed by atoms with E-state index in [0.717, 1.165) is 5.57 Å². The van der Waals surface area contributed by atoms with Gasteiger partial charge in [-0.3, -0.25) is 4.79 Å². The predicted octanol–water partition coefficient (Wildman–Crippen LogP) is 0.0981. The minimum Gasteiger partial charge on any atom is -0.468 e. The Hall–Kier alpha value is -1.17. The normalized spacial score (nSPS) is 26.1. The number of hydrogen-bond donors (Lipinski definition) is 2. The molecule has 0 radical (unpaired) electrons. The Labute approximate surface area is 94.5 Å². The van der Waals surface area contributed by atoms with Gasteiger partial charge in [-0.1, -0.05) is 12.2 Å². The van der Waals surface area contributed by atoms with E-state index in [9.17, 15) is 9.90 Å². The van der Waals surface area contributed by atoms with Crippen LogP contribution in [-0.2, 0) is 14.3 Å². The lowest BCUT2D eigenvalue weighted by Crippen LogP contribution is -2.33. The van der Waals surface area contributed by atoms with Crippen molar-refractivity contribution in [1.82, 2.24) is 0 Å². The minimum absolute atomic E-state index is 0.350. The average Bonchev–Trinajstić information content (AvgIpc) is 2.31. The summed E-state index contributed by atoms with van der Waals surface area (Å²) in [6, 6.07) is -0.672. The second-order valence-electron chi connectivity index (χ2n) is 3.70. The molecule has 0 spiro atoms. The number of esters is 1. The Morgan fingerprint density at radius 2 is 2.38 bits per heavy atom. The first-order chi connectivity index (χ1) is 7.50. The van der Waals surface area contributed by atoms with Crippen LogP contribution in [-0.4, -0.2) is 37.1 Å². The number of hydrogen-bond acceptors (Lipinski definition) is 5. The lowest BCUT2D eigenvalue weighted by atomic mass is 9.97. The number of rotatable bonds is 4. The van der Waals surface area contributed by atoms with Crippen molar-refractivity contribution in [2.75, 3.05) is 14.2 Å². The molecule has 0 fully saturated rings. The zero-order valence-electron chi connectivity index (χ0n) is 9.47. The first-order valence-corrected chi connectivity index (χ1v) is 5.00. The van der Waals surface area contributed by atoms with Crippen LogP contribution in [0.1, 0.15) is 12.8 Å². The molecule has 0 saturated heterocycles. The summed E-state index contributed by atoms with van der Waals surface area (Å²) in [5.74, 6) is -1.68. The zero-order valence-corrected chi connectivity index (χ0v) is 9.47. The molecule has 1 aliphatic rings. The third-order valence-electron chi connectivity index (χ3n) is 2.53. The largest absolute Gasteiger partial charge is 0.468 e. The molecule has 90 valence electrons. The fourth-order valence-electron chi connectivity index (χ4n) is 1.44. The number of allylic oxidation sites excluding steroid dienone is 1. The van der Waals surface area contributed by atoms with Crippen LogP contribution in [0.3, 0.4) is 0 Å². The maximum absolute atomic E-state index is 11.1. The van der Waals surface area contributed by atoms with Crippen LogP contribution in [0.25, 0.3) is 0 Å². The zero-order chi connectivity index (χ0) is 12.2. The van der Waals surface area contributed by atoms with Crippen LogP contribution in [0, 0.1) is 0 Å². The van der Waals surface area contributed by atoms with Gasteiger partial charge >= 0.3 is 5.97 Å². The Kier molecular flexibility index (Phi) is 4.23. The third kappa shape index (κ3) is 3.16. The van der Waals surface area contributed by atoms with Gasteiger partial charge in [0.1, 0.15) is 6.04 Å². The number of aliphatic hydroxyl groups is 1.